The van der Waals surface area contributed by atoms with Crippen LogP contribution >= 0.6 is 0 Å². The van der Waals surface area contributed by atoms with Gasteiger partial charge in [-0.05, 0) is 25.7 Å². The zero-order chi connectivity index (χ0) is 19.6. The number of hydrogen-bond donors (Lipinski definition) is 0. The maximum Gasteiger partial charge on any atom is 0.104 e. The van der Waals surface area contributed by atoms with E-state index < -0.39 is 0 Å². The van der Waals surface area contributed by atoms with Gasteiger partial charge in [0.1, 0.15) is 6.54 Å². The fraction of sp³-hybridized carbons (Fsp3) is 0.769. The second-order valence-corrected chi connectivity index (χ2v) is 8.95. The predicted molar refractivity (Wildman–Crippen MR) is 122 cm³/mol. The summed E-state index contributed by atoms with van der Waals surface area (Å²) in [5.74, 6) is 0. The van der Waals surface area contributed by atoms with Crippen LogP contribution in [0.1, 0.15) is 109 Å². The second-order valence-electron chi connectivity index (χ2n) is 8.95. The summed E-state index contributed by atoms with van der Waals surface area (Å²) in [6, 6.07) is 11.2. The standard InChI is InChI=1S/C26H48N.ClH/c1-4-6-8-10-12-13-15-20-24-27(3,23-19-14-11-9-7-5-2)25-26-21-17-16-18-22-26;/h16-18,21-22H,4-15,19-20,23-25H2,1-3H3;1H/q+1;/p-1. The fourth-order valence-electron chi connectivity index (χ4n) is 4.20. The highest BCUT2D eigenvalue weighted by Crippen LogP contribution is 2.18. The lowest BCUT2D eigenvalue weighted by Crippen LogP contribution is -3.00. The summed E-state index contributed by atoms with van der Waals surface area (Å²) in [5.41, 5.74) is 1.51. The number of halogens is 1. The van der Waals surface area contributed by atoms with Crippen molar-refractivity contribution in [3.63, 3.8) is 0 Å². The lowest BCUT2D eigenvalue weighted by atomic mass is 10.1. The van der Waals surface area contributed by atoms with Gasteiger partial charge in [0.15, 0.2) is 0 Å². The molecular formula is C26H48ClN. The maximum atomic E-state index is 2.50. The summed E-state index contributed by atoms with van der Waals surface area (Å²) in [4.78, 5) is 0. The Morgan fingerprint density at radius 1 is 0.571 bits per heavy atom. The Bertz CT molecular complexity index is 433. The average molecular weight is 410 g/mol. The van der Waals surface area contributed by atoms with Gasteiger partial charge >= 0.3 is 0 Å². The molecule has 0 spiro atoms. The van der Waals surface area contributed by atoms with Crippen LogP contribution in [0.3, 0.4) is 0 Å². The van der Waals surface area contributed by atoms with Gasteiger partial charge in [0.2, 0.25) is 0 Å². The predicted octanol–water partition coefficient (Wildman–Crippen LogP) is 5.14. The van der Waals surface area contributed by atoms with Gasteiger partial charge in [0.25, 0.3) is 0 Å². The van der Waals surface area contributed by atoms with Crippen LogP contribution in [0.25, 0.3) is 0 Å². The Balaban J connectivity index is 0.00000729. The van der Waals surface area contributed by atoms with Crippen LogP contribution in [0, 0.1) is 0 Å². The summed E-state index contributed by atoms with van der Waals surface area (Å²) in [6.45, 7) is 8.50. The molecule has 0 aliphatic rings. The van der Waals surface area contributed by atoms with Crippen LogP contribution in [0.15, 0.2) is 30.3 Å². The van der Waals surface area contributed by atoms with E-state index >= 15 is 0 Å². The summed E-state index contributed by atoms with van der Waals surface area (Å²) in [5, 5.41) is 0. The number of quaternary nitrogens is 1. The van der Waals surface area contributed by atoms with E-state index in [9.17, 15) is 0 Å². The first-order valence-corrected chi connectivity index (χ1v) is 12.1. The molecule has 0 saturated carbocycles. The lowest BCUT2D eigenvalue weighted by Gasteiger charge is -2.35. The number of unbranched alkanes of at least 4 members (excludes halogenated alkanes) is 12. The molecular weight excluding hydrogens is 362 g/mol. The molecule has 1 rings (SSSR count). The van der Waals surface area contributed by atoms with Crippen molar-refractivity contribution in [1.82, 2.24) is 0 Å². The molecule has 0 heterocycles. The molecule has 1 unspecified atom stereocenters. The van der Waals surface area contributed by atoms with Gasteiger partial charge in [-0.25, -0.2) is 0 Å². The molecule has 0 bridgehead atoms. The summed E-state index contributed by atoms with van der Waals surface area (Å²) >= 11 is 0. The van der Waals surface area contributed by atoms with Crippen LogP contribution in [-0.4, -0.2) is 24.6 Å². The van der Waals surface area contributed by atoms with E-state index in [2.05, 4.69) is 51.2 Å². The third-order valence-electron chi connectivity index (χ3n) is 6.01. The average Bonchev–Trinajstić information content (AvgIpc) is 2.67. The van der Waals surface area contributed by atoms with E-state index in [0.29, 0.717) is 0 Å². The Kier molecular flexibility index (Phi) is 18.1. The van der Waals surface area contributed by atoms with Gasteiger partial charge < -0.3 is 16.9 Å². The Hall–Kier alpha value is -0.530. The maximum absolute atomic E-state index is 2.50. The molecule has 164 valence electrons. The monoisotopic (exact) mass is 409 g/mol. The molecule has 0 aromatic heterocycles. The van der Waals surface area contributed by atoms with E-state index in [0.717, 1.165) is 0 Å². The van der Waals surface area contributed by atoms with Gasteiger partial charge in [-0.1, -0.05) is 108 Å². The van der Waals surface area contributed by atoms with Crippen LogP contribution in [0.5, 0.6) is 0 Å². The molecule has 0 saturated heterocycles. The van der Waals surface area contributed by atoms with Crippen molar-refractivity contribution >= 4 is 0 Å². The molecule has 2 heteroatoms. The van der Waals surface area contributed by atoms with E-state index in [1.54, 1.807) is 0 Å². The number of nitrogens with zero attached hydrogens (tertiary/aromatic N) is 1. The third-order valence-corrected chi connectivity index (χ3v) is 6.01. The molecule has 0 aliphatic carbocycles. The van der Waals surface area contributed by atoms with Crippen LogP contribution in [0.2, 0.25) is 0 Å². The minimum atomic E-state index is 0. The molecule has 0 aliphatic heterocycles. The Morgan fingerprint density at radius 2 is 0.964 bits per heavy atom. The quantitative estimate of drug-likeness (QED) is 0.232. The number of rotatable bonds is 18. The van der Waals surface area contributed by atoms with Gasteiger partial charge in [-0.3, -0.25) is 0 Å². The fourth-order valence-corrected chi connectivity index (χ4v) is 4.20. The Labute approximate surface area is 183 Å². The molecule has 1 nitrogen and oxygen atoms in total. The van der Waals surface area contributed by atoms with Crippen LogP contribution in [0.4, 0.5) is 0 Å². The first-order valence-electron chi connectivity index (χ1n) is 12.1. The third kappa shape index (κ3) is 14.5. The van der Waals surface area contributed by atoms with Gasteiger partial charge in [-0.2, -0.15) is 0 Å². The first kappa shape index (κ1) is 27.5. The van der Waals surface area contributed by atoms with Gasteiger partial charge in [0.05, 0.1) is 20.1 Å². The zero-order valence-electron chi connectivity index (χ0n) is 19.2. The second kappa shape index (κ2) is 18.5. The highest BCUT2D eigenvalue weighted by Gasteiger charge is 2.21. The van der Waals surface area contributed by atoms with Crippen molar-refractivity contribution in [1.29, 1.82) is 0 Å². The molecule has 0 fully saturated rings. The van der Waals surface area contributed by atoms with Gasteiger partial charge in [0, 0.05) is 5.56 Å². The van der Waals surface area contributed by atoms with E-state index in [-0.39, 0.29) is 12.4 Å². The topological polar surface area (TPSA) is 0 Å². The largest absolute Gasteiger partial charge is 1.00 e. The molecule has 1 aromatic carbocycles. The Morgan fingerprint density at radius 3 is 1.39 bits per heavy atom. The van der Waals surface area contributed by atoms with Crippen molar-refractivity contribution in [3.8, 4) is 0 Å². The smallest absolute Gasteiger partial charge is 0.104 e. The molecule has 28 heavy (non-hydrogen) atoms. The summed E-state index contributed by atoms with van der Waals surface area (Å²) in [6.07, 6.45) is 19.8. The number of hydrogen-bond acceptors (Lipinski definition) is 0. The van der Waals surface area contributed by atoms with Gasteiger partial charge in [-0.15, -0.1) is 0 Å². The molecule has 0 amide bonds. The molecule has 1 aromatic rings. The van der Waals surface area contributed by atoms with Crippen LogP contribution in [-0.2, 0) is 6.54 Å². The van der Waals surface area contributed by atoms with Crippen molar-refractivity contribution < 1.29 is 16.9 Å². The highest BCUT2D eigenvalue weighted by atomic mass is 35.5. The zero-order valence-corrected chi connectivity index (χ0v) is 20.0. The SMILES string of the molecule is CCCCCCCCCC[N+](C)(CCCCCCCC)Cc1ccccc1.[Cl-]. The van der Waals surface area contributed by atoms with E-state index in [1.165, 1.54) is 120 Å². The molecule has 1 atom stereocenters. The normalized spacial score (nSPS) is 13.1. The van der Waals surface area contributed by atoms with Crippen molar-refractivity contribution in [3.05, 3.63) is 35.9 Å². The van der Waals surface area contributed by atoms with Crippen molar-refractivity contribution in [2.75, 3.05) is 20.1 Å². The minimum absolute atomic E-state index is 0. The highest BCUT2D eigenvalue weighted by molar-refractivity contribution is 5.13. The van der Waals surface area contributed by atoms with Crippen LogP contribution < -0.4 is 12.4 Å². The molecule has 0 radical (unpaired) electrons. The summed E-state index contributed by atoms with van der Waals surface area (Å²) < 4.78 is 1.23. The first-order chi connectivity index (χ1) is 13.2. The number of benzene rings is 1. The minimum Gasteiger partial charge on any atom is -1.00 e. The van der Waals surface area contributed by atoms with Crippen molar-refractivity contribution in [2.45, 2.75) is 110 Å². The summed E-state index contributed by atoms with van der Waals surface area (Å²) in [7, 11) is 2.50. The molecule has 0 N–H and O–H groups in total. The lowest BCUT2D eigenvalue weighted by molar-refractivity contribution is -0.923. The van der Waals surface area contributed by atoms with E-state index in [1.807, 2.05) is 0 Å². The van der Waals surface area contributed by atoms with E-state index in [4.69, 9.17) is 0 Å². The van der Waals surface area contributed by atoms with Crippen molar-refractivity contribution in [2.24, 2.45) is 0 Å².